The van der Waals surface area contributed by atoms with Crippen molar-refractivity contribution in [3.63, 3.8) is 0 Å². The molecule has 0 spiro atoms. The Kier molecular flexibility index (Phi) is 6.75. The number of nitrogens with one attached hydrogen (secondary N) is 1. The van der Waals surface area contributed by atoms with Gasteiger partial charge in [0.15, 0.2) is 18.1 Å². The van der Waals surface area contributed by atoms with Gasteiger partial charge in [0, 0.05) is 6.08 Å². The molecule has 29 heavy (non-hydrogen) atoms. The number of nitriles is 1. The molecule has 6 heteroatoms. The average molecular weight is 392 g/mol. The molecule has 1 atom stereocenters. The lowest BCUT2D eigenvalue weighted by molar-refractivity contribution is -0.117. The van der Waals surface area contributed by atoms with E-state index in [1.165, 1.54) is 6.08 Å². The molecule has 3 rings (SSSR count). The Labute approximate surface area is 170 Å². The molecule has 1 amide bonds. The molecule has 6 nitrogen and oxygen atoms in total. The largest absolute Gasteiger partial charge is 0.486 e. The normalized spacial score (nSPS) is 13.7. The molecular formula is C23H24N2O4. The molecule has 1 aliphatic rings. The molecule has 1 unspecified atom stereocenters. The van der Waals surface area contributed by atoms with Gasteiger partial charge >= 0.3 is 0 Å². The Morgan fingerprint density at radius 2 is 1.90 bits per heavy atom. The molecule has 0 aliphatic carbocycles. The van der Waals surface area contributed by atoms with Crippen molar-refractivity contribution < 1.29 is 19.0 Å². The first kappa shape index (κ1) is 20.3. The number of nitrogens with zero attached hydrogens (tertiary/aromatic N) is 1. The summed E-state index contributed by atoms with van der Waals surface area (Å²) in [5.41, 5.74) is 1.84. The second-order valence-electron chi connectivity index (χ2n) is 6.98. The van der Waals surface area contributed by atoms with Crippen LogP contribution in [0.15, 0.2) is 48.5 Å². The second kappa shape index (κ2) is 9.65. The van der Waals surface area contributed by atoms with Crippen LogP contribution in [0.3, 0.4) is 0 Å². The number of hydrogen-bond acceptors (Lipinski definition) is 5. The van der Waals surface area contributed by atoms with Gasteiger partial charge in [0.2, 0.25) is 5.91 Å². The van der Waals surface area contributed by atoms with E-state index in [-0.39, 0.29) is 24.5 Å². The average Bonchev–Trinajstić information content (AvgIpc) is 2.74. The monoisotopic (exact) mass is 392 g/mol. The van der Waals surface area contributed by atoms with E-state index in [4.69, 9.17) is 19.5 Å². The number of fused-ring (bicyclic) bond motifs is 1. The molecule has 0 saturated carbocycles. The Hall–Kier alpha value is -3.46. The van der Waals surface area contributed by atoms with Crippen LogP contribution in [0.2, 0.25) is 0 Å². The molecule has 1 aliphatic heterocycles. The topological polar surface area (TPSA) is 80.6 Å². The predicted molar refractivity (Wildman–Crippen MR) is 110 cm³/mol. The Morgan fingerprint density at radius 1 is 1.17 bits per heavy atom. The first-order valence-electron chi connectivity index (χ1n) is 9.55. The summed E-state index contributed by atoms with van der Waals surface area (Å²) in [6.07, 6.45) is 3.25. The quantitative estimate of drug-likeness (QED) is 0.723. The van der Waals surface area contributed by atoms with Gasteiger partial charge in [0.05, 0.1) is 6.04 Å². The highest BCUT2D eigenvalue weighted by atomic mass is 16.6. The van der Waals surface area contributed by atoms with E-state index in [1.54, 1.807) is 18.2 Å². The van der Waals surface area contributed by atoms with Crippen LogP contribution in [0, 0.1) is 17.2 Å². The lowest BCUT2D eigenvalue weighted by Crippen LogP contribution is -2.30. The van der Waals surface area contributed by atoms with Crippen LogP contribution >= 0.6 is 0 Å². The first-order valence-corrected chi connectivity index (χ1v) is 9.55. The van der Waals surface area contributed by atoms with Gasteiger partial charge in [-0.2, -0.15) is 5.26 Å². The van der Waals surface area contributed by atoms with Crippen LogP contribution < -0.4 is 19.5 Å². The standard InChI is InChI=1S/C23H24N2O4/c1-16(2)23(18-6-9-20-21(15-18)29-14-13-28-20)25-22(26)10-5-17-3-7-19(8-4-17)27-12-11-24/h3-10,15-16,23H,12-14H2,1-2H3,(H,25,26)/b10-5+. The lowest BCUT2D eigenvalue weighted by atomic mass is 9.95. The van der Waals surface area contributed by atoms with Crippen molar-refractivity contribution in [1.29, 1.82) is 5.26 Å². The molecule has 2 aromatic carbocycles. The maximum absolute atomic E-state index is 12.5. The minimum absolute atomic E-state index is 0.00798. The first-order chi connectivity index (χ1) is 14.1. The van der Waals surface area contributed by atoms with Crippen LogP contribution in [0.1, 0.15) is 31.0 Å². The lowest BCUT2D eigenvalue weighted by Gasteiger charge is -2.25. The summed E-state index contributed by atoms with van der Waals surface area (Å²) in [6.45, 7) is 5.20. The number of rotatable bonds is 7. The zero-order valence-corrected chi connectivity index (χ0v) is 16.6. The van der Waals surface area contributed by atoms with Gasteiger partial charge in [-0.15, -0.1) is 0 Å². The van der Waals surface area contributed by atoms with Gasteiger partial charge in [-0.25, -0.2) is 0 Å². The summed E-state index contributed by atoms with van der Waals surface area (Å²) in [5, 5.41) is 11.6. The van der Waals surface area contributed by atoms with Crippen molar-refractivity contribution in [2.24, 2.45) is 5.92 Å². The summed E-state index contributed by atoms with van der Waals surface area (Å²) >= 11 is 0. The summed E-state index contributed by atoms with van der Waals surface area (Å²) in [5.74, 6) is 2.08. The van der Waals surface area contributed by atoms with Crippen LogP contribution in [-0.4, -0.2) is 25.7 Å². The van der Waals surface area contributed by atoms with Crippen molar-refractivity contribution >= 4 is 12.0 Å². The molecule has 0 saturated heterocycles. The fraction of sp³-hybridized carbons (Fsp3) is 0.304. The van der Waals surface area contributed by atoms with Crippen molar-refractivity contribution in [3.8, 4) is 23.3 Å². The maximum atomic E-state index is 12.5. The SMILES string of the molecule is CC(C)C(NC(=O)/C=C/c1ccc(OCC#N)cc1)c1ccc2c(c1)OCCO2. The smallest absolute Gasteiger partial charge is 0.244 e. The highest BCUT2D eigenvalue weighted by Gasteiger charge is 2.20. The van der Waals surface area contributed by atoms with Crippen LogP contribution in [0.25, 0.3) is 6.08 Å². The number of amides is 1. The van der Waals surface area contributed by atoms with E-state index in [0.29, 0.717) is 24.7 Å². The van der Waals surface area contributed by atoms with Crippen molar-refractivity contribution in [2.45, 2.75) is 19.9 Å². The van der Waals surface area contributed by atoms with Gasteiger partial charge in [-0.05, 0) is 47.4 Å². The molecule has 0 fully saturated rings. The number of carbonyl (C=O) groups is 1. The van der Waals surface area contributed by atoms with Crippen molar-refractivity contribution in [1.82, 2.24) is 5.32 Å². The molecular weight excluding hydrogens is 368 g/mol. The maximum Gasteiger partial charge on any atom is 0.244 e. The van der Waals surface area contributed by atoms with E-state index in [9.17, 15) is 4.79 Å². The molecule has 0 aromatic heterocycles. The zero-order chi connectivity index (χ0) is 20.6. The van der Waals surface area contributed by atoms with Crippen LogP contribution in [-0.2, 0) is 4.79 Å². The summed E-state index contributed by atoms with van der Waals surface area (Å²) in [7, 11) is 0. The fourth-order valence-electron chi connectivity index (χ4n) is 3.05. The molecule has 0 radical (unpaired) electrons. The summed E-state index contributed by atoms with van der Waals surface area (Å²) in [4.78, 5) is 12.5. The van der Waals surface area contributed by atoms with E-state index in [2.05, 4.69) is 19.2 Å². The van der Waals surface area contributed by atoms with E-state index in [0.717, 1.165) is 16.9 Å². The third kappa shape index (κ3) is 5.52. The Balaban J connectivity index is 1.65. The fourth-order valence-corrected chi connectivity index (χ4v) is 3.05. The molecule has 1 heterocycles. The zero-order valence-electron chi connectivity index (χ0n) is 16.6. The van der Waals surface area contributed by atoms with Gasteiger partial charge in [-0.3, -0.25) is 4.79 Å². The Bertz CT molecular complexity index is 913. The van der Waals surface area contributed by atoms with Gasteiger partial charge < -0.3 is 19.5 Å². The van der Waals surface area contributed by atoms with E-state index >= 15 is 0 Å². The number of benzene rings is 2. The number of carbonyl (C=O) groups excluding carboxylic acids is 1. The van der Waals surface area contributed by atoms with Crippen molar-refractivity contribution in [2.75, 3.05) is 19.8 Å². The third-order valence-corrected chi connectivity index (χ3v) is 4.50. The van der Waals surface area contributed by atoms with Gasteiger partial charge in [-0.1, -0.05) is 32.0 Å². The van der Waals surface area contributed by atoms with Gasteiger partial charge in [0.25, 0.3) is 0 Å². The predicted octanol–water partition coefficient (Wildman–Crippen LogP) is 3.89. The third-order valence-electron chi connectivity index (χ3n) is 4.50. The minimum Gasteiger partial charge on any atom is -0.486 e. The molecule has 150 valence electrons. The van der Waals surface area contributed by atoms with E-state index in [1.807, 2.05) is 36.4 Å². The summed E-state index contributed by atoms with van der Waals surface area (Å²) in [6, 6.07) is 14.7. The highest BCUT2D eigenvalue weighted by molar-refractivity contribution is 5.92. The number of hydrogen-bond donors (Lipinski definition) is 1. The van der Waals surface area contributed by atoms with Gasteiger partial charge in [0.1, 0.15) is 25.0 Å². The highest BCUT2D eigenvalue weighted by Crippen LogP contribution is 2.34. The Morgan fingerprint density at radius 3 is 2.59 bits per heavy atom. The number of ether oxygens (including phenoxy) is 3. The van der Waals surface area contributed by atoms with Crippen molar-refractivity contribution in [3.05, 3.63) is 59.7 Å². The second-order valence-corrected chi connectivity index (χ2v) is 6.98. The summed E-state index contributed by atoms with van der Waals surface area (Å²) < 4.78 is 16.4. The molecule has 0 bridgehead atoms. The molecule has 2 aromatic rings. The van der Waals surface area contributed by atoms with E-state index < -0.39 is 0 Å². The minimum atomic E-state index is -0.177. The van der Waals surface area contributed by atoms with Crippen LogP contribution in [0.5, 0.6) is 17.2 Å². The molecule has 1 N–H and O–H groups in total. The van der Waals surface area contributed by atoms with Crippen LogP contribution in [0.4, 0.5) is 0 Å².